The minimum Gasteiger partial charge on any atom is -0.333 e. The molecule has 5 heteroatoms. The van der Waals surface area contributed by atoms with E-state index in [9.17, 15) is 4.79 Å². The zero-order valence-corrected chi connectivity index (χ0v) is 11.4. The van der Waals surface area contributed by atoms with Gasteiger partial charge in [-0.25, -0.2) is 0 Å². The van der Waals surface area contributed by atoms with E-state index in [1.54, 1.807) is 0 Å². The van der Waals surface area contributed by atoms with Crippen molar-refractivity contribution in [1.82, 2.24) is 19.7 Å². The first-order chi connectivity index (χ1) is 9.28. The highest BCUT2D eigenvalue weighted by Gasteiger charge is 2.25. The molecule has 19 heavy (non-hydrogen) atoms. The first-order valence-corrected chi connectivity index (χ1v) is 7.13. The third-order valence-corrected chi connectivity index (χ3v) is 4.05. The lowest BCUT2D eigenvalue weighted by molar-refractivity contribution is -0.133. The highest BCUT2D eigenvalue weighted by molar-refractivity contribution is 5.76. The van der Waals surface area contributed by atoms with Crippen molar-refractivity contribution in [3.8, 4) is 0 Å². The van der Waals surface area contributed by atoms with Crippen LogP contribution in [-0.2, 0) is 24.3 Å². The van der Waals surface area contributed by atoms with Crippen molar-refractivity contribution in [3.63, 3.8) is 0 Å². The lowest BCUT2D eigenvalue weighted by Gasteiger charge is -2.28. The lowest BCUT2D eigenvalue weighted by atomic mass is 10.0. The van der Waals surface area contributed by atoms with Crippen LogP contribution in [0.15, 0.2) is 12.2 Å². The van der Waals surface area contributed by atoms with E-state index in [0.717, 1.165) is 44.0 Å². The minimum absolute atomic E-state index is 0.254. The second kappa shape index (κ2) is 5.15. The summed E-state index contributed by atoms with van der Waals surface area (Å²) in [7, 11) is 0. The van der Waals surface area contributed by atoms with E-state index >= 15 is 0 Å². The summed E-state index contributed by atoms with van der Waals surface area (Å²) in [5.41, 5.74) is 0. The average Bonchev–Trinajstić information content (AvgIpc) is 3.06. The molecule has 3 rings (SSSR count). The number of carbonyl (C=O) groups is 1. The van der Waals surface area contributed by atoms with Gasteiger partial charge in [-0.05, 0) is 18.8 Å². The second-order valence-corrected chi connectivity index (χ2v) is 5.32. The van der Waals surface area contributed by atoms with Crippen molar-refractivity contribution in [2.75, 3.05) is 6.54 Å². The van der Waals surface area contributed by atoms with Gasteiger partial charge in [-0.2, -0.15) is 0 Å². The van der Waals surface area contributed by atoms with E-state index in [1.807, 2.05) is 4.90 Å². The van der Waals surface area contributed by atoms with Gasteiger partial charge < -0.3 is 9.47 Å². The SMILES string of the molecule is CCc1nnc2n1CCN(C(=O)C[C@@H]1C=CCC1)C2. The van der Waals surface area contributed by atoms with Gasteiger partial charge in [0.25, 0.3) is 0 Å². The van der Waals surface area contributed by atoms with Gasteiger partial charge in [0.05, 0.1) is 6.54 Å². The van der Waals surface area contributed by atoms with Gasteiger partial charge in [0.1, 0.15) is 5.82 Å². The van der Waals surface area contributed by atoms with Gasteiger partial charge in [-0.3, -0.25) is 4.79 Å². The second-order valence-electron chi connectivity index (χ2n) is 5.32. The van der Waals surface area contributed by atoms with Gasteiger partial charge >= 0.3 is 0 Å². The summed E-state index contributed by atoms with van der Waals surface area (Å²) in [5.74, 6) is 2.65. The number of hydrogen-bond donors (Lipinski definition) is 0. The van der Waals surface area contributed by atoms with Crippen LogP contribution in [0.25, 0.3) is 0 Å². The molecular formula is C14H20N4O. The quantitative estimate of drug-likeness (QED) is 0.775. The first-order valence-electron chi connectivity index (χ1n) is 7.13. The fraction of sp³-hybridized carbons (Fsp3) is 0.643. The van der Waals surface area contributed by atoms with Crippen LogP contribution >= 0.6 is 0 Å². The normalized spacial score (nSPS) is 21.7. The standard InChI is InChI=1S/C14H20N4O/c1-2-12-15-16-13-10-17(7-8-18(12)13)14(19)9-11-5-3-4-6-11/h3,5,11H,2,4,6-10H2,1H3/t11-/m1/s1. The van der Waals surface area contributed by atoms with Crippen LogP contribution in [-0.4, -0.2) is 32.1 Å². The Morgan fingerprint density at radius 1 is 1.42 bits per heavy atom. The molecule has 0 aromatic carbocycles. The maximum Gasteiger partial charge on any atom is 0.223 e. The fourth-order valence-corrected chi connectivity index (χ4v) is 2.91. The van der Waals surface area contributed by atoms with Gasteiger partial charge in [-0.15, -0.1) is 10.2 Å². The fourth-order valence-electron chi connectivity index (χ4n) is 2.91. The van der Waals surface area contributed by atoms with Crippen molar-refractivity contribution in [2.45, 2.75) is 45.7 Å². The summed E-state index contributed by atoms with van der Waals surface area (Å²) in [6, 6.07) is 0. The largest absolute Gasteiger partial charge is 0.333 e. The van der Waals surface area contributed by atoms with E-state index < -0.39 is 0 Å². The van der Waals surface area contributed by atoms with Crippen molar-refractivity contribution < 1.29 is 4.79 Å². The van der Waals surface area contributed by atoms with E-state index in [4.69, 9.17) is 0 Å². The predicted octanol–water partition coefficient (Wildman–Crippen LogP) is 1.54. The summed E-state index contributed by atoms with van der Waals surface area (Å²) in [6.45, 7) is 4.31. The number of fused-ring (bicyclic) bond motifs is 1. The van der Waals surface area contributed by atoms with Crippen molar-refractivity contribution in [2.24, 2.45) is 5.92 Å². The molecule has 102 valence electrons. The minimum atomic E-state index is 0.254. The molecule has 2 aliphatic rings. The van der Waals surface area contributed by atoms with Gasteiger partial charge in [-0.1, -0.05) is 19.1 Å². The molecular weight excluding hydrogens is 240 g/mol. The summed E-state index contributed by atoms with van der Waals surface area (Å²) < 4.78 is 2.15. The first kappa shape index (κ1) is 12.4. The Bertz CT molecular complexity index is 506. The monoisotopic (exact) mass is 260 g/mol. The van der Waals surface area contributed by atoms with E-state index in [2.05, 4.69) is 33.8 Å². The Balaban J connectivity index is 1.64. The van der Waals surface area contributed by atoms with Gasteiger partial charge in [0.15, 0.2) is 5.82 Å². The molecule has 0 bridgehead atoms. The van der Waals surface area contributed by atoms with Crippen LogP contribution in [0.2, 0.25) is 0 Å². The molecule has 0 N–H and O–H groups in total. The third kappa shape index (κ3) is 2.41. The lowest BCUT2D eigenvalue weighted by Crippen LogP contribution is -2.39. The molecule has 0 unspecified atom stereocenters. The van der Waals surface area contributed by atoms with Gasteiger partial charge in [0.2, 0.25) is 5.91 Å². The van der Waals surface area contributed by atoms with Crippen LogP contribution in [0.4, 0.5) is 0 Å². The van der Waals surface area contributed by atoms with Gasteiger partial charge in [0, 0.05) is 25.9 Å². The number of hydrogen-bond acceptors (Lipinski definition) is 3. The number of allylic oxidation sites excluding steroid dienone is 2. The van der Waals surface area contributed by atoms with E-state index in [0.29, 0.717) is 18.9 Å². The summed E-state index contributed by atoms with van der Waals surface area (Å²) in [6.07, 6.45) is 8.14. The molecule has 0 radical (unpaired) electrons. The molecule has 0 fully saturated rings. The molecule has 1 aliphatic carbocycles. The van der Waals surface area contributed by atoms with Crippen LogP contribution in [0.1, 0.15) is 37.8 Å². The third-order valence-electron chi connectivity index (χ3n) is 4.05. The molecule has 0 spiro atoms. The Kier molecular flexibility index (Phi) is 3.36. The van der Waals surface area contributed by atoms with Crippen molar-refractivity contribution >= 4 is 5.91 Å². The van der Waals surface area contributed by atoms with E-state index in [1.165, 1.54) is 0 Å². The summed E-state index contributed by atoms with van der Waals surface area (Å²) in [4.78, 5) is 14.2. The predicted molar refractivity (Wildman–Crippen MR) is 71.3 cm³/mol. The Hall–Kier alpha value is -1.65. The van der Waals surface area contributed by atoms with Crippen LogP contribution in [0.5, 0.6) is 0 Å². The molecule has 0 saturated heterocycles. The van der Waals surface area contributed by atoms with Crippen LogP contribution in [0, 0.1) is 5.92 Å². The highest BCUT2D eigenvalue weighted by Crippen LogP contribution is 2.22. The number of aryl methyl sites for hydroxylation is 1. The molecule has 2 heterocycles. The number of amides is 1. The number of carbonyl (C=O) groups excluding carboxylic acids is 1. The molecule has 1 amide bonds. The number of nitrogens with zero attached hydrogens (tertiary/aromatic N) is 4. The van der Waals surface area contributed by atoms with Crippen molar-refractivity contribution in [1.29, 1.82) is 0 Å². The molecule has 0 saturated carbocycles. The molecule has 1 aromatic rings. The number of rotatable bonds is 3. The number of aromatic nitrogens is 3. The molecule has 1 atom stereocenters. The molecule has 1 aromatic heterocycles. The molecule has 1 aliphatic heterocycles. The maximum atomic E-state index is 12.3. The maximum absolute atomic E-state index is 12.3. The van der Waals surface area contributed by atoms with Crippen LogP contribution in [0.3, 0.4) is 0 Å². The topological polar surface area (TPSA) is 51.0 Å². The Morgan fingerprint density at radius 2 is 2.32 bits per heavy atom. The van der Waals surface area contributed by atoms with E-state index in [-0.39, 0.29) is 5.91 Å². The zero-order chi connectivity index (χ0) is 13.2. The zero-order valence-electron chi connectivity index (χ0n) is 11.4. The Labute approximate surface area is 113 Å². The Morgan fingerprint density at radius 3 is 3.05 bits per heavy atom. The highest BCUT2D eigenvalue weighted by atomic mass is 16.2. The van der Waals surface area contributed by atoms with Crippen LogP contribution < -0.4 is 0 Å². The summed E-state index contributed by atoms with van der Waals surface area (Å²) >= 11 is 0. The van der Waals surface area contributed by atoms with Crippen molar-refractivity contribution in [3.05, 3.63) is 23.8 Å². The summed E-state index contributed by atoms with van der Waals surface area (Å²) in [5, 5.41) is 8.37. The average molecular weight is 260 g/mol. The smallest absolute Gasteiger partial charge is 0.223 e. The molecule has 5 nitrogen and oxygen atoms in total.